The predicted octanol–water partition coefficient (Wildman–Crippen LogP) is -0.254. The van der Waals surface area contributed by atoms with Gasteiger partial charge < -0.3 is 9.64 Å². The monoisotopic (exact) mass is 199 g/mol. The van der Waals surface area contributed by atoms with Crippen LogP contribution >= 0.6 is 0 Å². The minimum absolute atomic E-state index is 0.370. The zero-order valence-electron chi connectivity index (χ0n) is 7.49. The molecule has 1 aliphatic heterocycles. The van der Waals surface area contributed by atoms with Gasteiger partial charge in [-0.25, -0.2) is 0 Å². The van der Waals surface area contributed by atoms with E-state index in [0.29, 0.717) is 32.1 Å². The predicted molar refractivity (Wildman–Crippen MR) is 47.8 cm³/mol. The second kappa shape index (κ2) is 3.75. The normalized spacial score (nSPS) is 17.1. The summed E-state index contributed by atoms with van der Waals surface area (Å²) in [6.45, 7) is 2.43. The van der Waals surface area contributed by atoms with Gasteiger partial charge in [-0.3, -0.25) is 9.78 Å². The lowest BCUT2D eigenvalue weighted by Crippen LogP contribution is -2.37. The van der Waals surface area contributed by atoms with Gasteiger partial charge in [-0.1, -0.05) is 0 Å². The van der Waals surface area contributed by atoms with Gasteiger partial charge in [-0.15, -0.1) is 0 Å². The average Bonchev–Trinajstić information content (AvgIpc) is 2.18. The second-order valence-corrected chi connectivity index (χ2v) is 2.99. The van der Waals surface area contributed by atoms with Gasteiger partial charge in [0, 0.05) is 19.2 Å². The lowest BCUT2D eigenvalue weighted by Gasteiger charge is -2.27. The van der Waals surface area contributed by atoms with Crippen molar-refractivity contribution in [3.8, 4) is 0 Å². The molecular formula is C8H10FN3O2. The van der Waals surface area contributed by atoms with Gasteiger partial charge in [0.05, 0.1) is 13.2 Å². The van der Waals surface area contributed by atoms with Crippen molar-refractivity contribution in [3.05, 3.63) is 22.5 Å². The summed E-state index contributed by atoms with van der Waals surface area (Å²) >= 11 is 0. The molecule has 1 aromatic rings. The molecule has 1 fully saturated rings. The molecule has 0 atom stereocenters. The Balaban J connectivity index is 2.26. The molecule has 0 aliphatic carbocycles. The maximum Gasteiger partial charge on any atom is 0.291 e. The van der Waals surface area contributed by atoms with Gasteiger partial charge in [0.25, 0.3) is 11.6 Å². The van der Waals surface area contributed by atoms with Crippen LogP contribution in [-0.4, -0.2) is 36.3 Å². The molecule has 14 heavy (non-hydrogen) atoms. The van der Waals surface area contributed by atoms with Gasteiger partial charge in [-0.2, -0.15) is 9.37 Å². The quantitative estimate of drug-likeness (QED) is 0.633. The summed E-state index contributed by atoms with van der Waals surface area (Å²) in [6.07, 6.45) is -0.848. The standard InChI is InChI=1S/C8H10FN3O2/c9-8-10-6(5-7(13)11-8)12-1-3-14-4-2-12/h5H,1-4H2,(H,10,11,13). The van der Waals surface area contributed by atoms with Gasteiger partial charge >= 0.3 is 0 Å². The Morgan fingerprint density at radius 3 is 2.86 bits per heavy atom. The first kappa shape index (κ1) is 9.14. The summed E-state index contributed by atoms with van der Waals surface area (Å²) < 4.78 is 17.9. The Kier molecular flexibility index (Phi) is 2.45. The molecule has 0 amide bonds. The summed E-state index contributed by atoms with van der Waals surface area (Å²) in [5.41, 5.74) is -0.473. The third-order valence-electron chi connectivity index (χ3n) is 2.03. The number of hydrogen-bond acceptors (Lipinski definition) is 4. The molecular weight excluding hydrogens is 189 g/mol. The highest BCUT2D eigenvalue weighted by Gasteiger charge is 2.13. The van der Waals surface area contributed by atoms with Crippen molar-refractivity contribution in [2.45, 2.75) is 0 Å². The fourth-order valence-corrected chi connectivity index (χ4v) is 1.37. The molecule has 1 aromatic heterocycles. The molecule has 2 rings (SSSR count). The van der Waals surface area contributed by atoms with Crippen molar-refractivity contribution in [1.29, 1.82) is 0 Å². The van der Waals surface area contributed by atoms with E-state index in [1.807, 2.05) is 9.88 Å². The Bertz CT molecular complexity index is 373. The van der Waals surface area contributed by atoms with Gasteiger partial charge in [0.1, 0.15) is 5.82 Å². The summed E-state index contributed by atoms with van der Waals surface area (Å²) in [5.74, 6) is 0.370. The van der Waals surface area contributed by atoms with E-state index < -0.39 is 11.6 Å². The number of halogens is 1. The first-order valence-electron chi connectivity index (χ1n) is 4.35. The highest BCUT2D eigenvalue weighted by atomic mass is 19.1. The number of hydrogen-bond donors (Lipinski definition) is 1. The van der Waals surface area contributed by atoms with Crippen LogP contribution in [0.2, 0.25) is 0 Å². The molecule has 0 radical (unpaired) electrons. The van der Waals surface area contributed by atoms with Crippen LogP contribution in [0.25, 0.3) is 0 Å². The fourth-order valence-electron chi connectivity index (χ4n) is 1.37. The largest absolute Gasteiger partial charge is 0.378 e. The molecule has 1 N–H and O–H groups in total. The first-order valence-corrected chi connectivity index (χ1v) is 4.35. The molecule has 0 bridgehead atoms. The molecule has 5 nitrogen and oxygen atoms in total. The maximum atomic E-state index is 12.8. The van der Waals surface area contributed by atoms with Crippen LogP contribution in [-0.2, 0) is 4.74 Å². The fraction of sp³-hybridized carbons (Fsp3) is 0.500. The van der Waals surface area contributed by atoms with E-state index in [1.54, 1.807) is 0 Å². The Hall–Kier alpha value is -1.43. The van der Waals surface area contributed by atoms with Crippen LogP contribution in [0.4, 0.5) is 10.2 Å². The van der Waals surface area contributed by atoms with Crippen LogP contribution in [0.3, 0.4) is 0 Å². The number of nitrogens with zero attached hydrogens (tertiary/aromatic N) is 2. The molecule has 0 unspecified atom stereocenters. The number of anilines is 1. The smallest absolute Gasteiger partial charge is 0.291 e. The summed E-state index contributed by atoms with van der Waals surface area (Å²) in [4.78, 5) is 18.3. The number of nitrogens with one attached hydrogen (secondary N) is 1. The van der Waals surface area contributed by atoms with Crippen LogP contribution < -0.4 is 10.5 Å². The van der Waals surface area contributed by atoms with Gasteiger partial charge in [-0.05, 0) is 0 Å². The van der Waals surface area contributed by atoms with Crippen LogP contribution in [0.5, 0.6) is 0 Å². The minimum atomic E-state index is -0.848. The van der Waals surface area contributed by atoms with E-state index in [9.17, 15) is 9.18 Å². The third kappa shape index (κ3) is 1.90. The Morgan fingerprint density at radius 2 is 2.21 bits per heavy atom. The molecule has 76 valence electrons. The van der Waals surface area contributed by atoms with E-state index in [1.165, 1.54) is 6.07 Å². The number of ether oxygens (including phenoxy) is 1. The van der Waals surface area contributed by atoms with E-state index in [4.69, 9.17) is 4.74 Å². The van der Waals surface area contributed by atoms with Crippen molar-refractivity contribution in [2.75, 3.05) is 31.2 Å². The van der Waals surface area contributed by atoms with E-state index in [2.05, 4.69) is 4.98 Å². The maximum absolute atomic E-state index is 12.8. The van der Waals surface area contributed by atoms with Crippen molar-refractivity contribution in [1.82, 2.24) is 9.97 Å². The number of aromatic nitrogens is 2. The van der Waals surface area contributed by atoms with Gasteiger partial charge in [0.15, 0.2) is 0 Å². The molecule has 1 aliphatic rings. The second-order valence-electron chi connectivity index (χ2n) is 2.99. The van der Waals surface area contributed by atoms with Crippen molar-refractivity contribution >= 4 is 5.82 Å². The summed E-state index contributed by atoms with van der Waals surface area (Å²) in [6, 6.07) is 1.29. The van der Waals surface area contributed by atoms with Crippen LogP contribution in [0.1, 0.15) is 0 Å². The number of morpholine rings is 1. The molecule has 0 spiro atoms. The molecule has 0 saturated carbocycles. The Morgan fingerprint density at radius 1 is 1.50 bits per heavy atom. The number of aromatic amines is 1. The molecule has 1 saturated heterocycles. The van der Waals surface area contributed by atoms with E-state index >= 15 is 0 Å². The molecule has 0 aromatic carbocycles. The number of H-pyrrole nitrogens is 1. The number of rotatable bonds is 1. The highest BCUT2D eigenvalue weighted by Crippen LogP contribution is 2.09. The SMILES string of the molecule is O=c1cc(N2CCOCC2)nc(F)[nH]1. The van der Waals surface area contributed by atoms with Crippen molar-refractivity contribution < 1.29 is 9.13 Å². The van der Waals surface area contributed by atoms with E-state index in [0.717, 1.165) is 0 Å². The van der Waals surface area contributed by atoms with Crippen molar-refractivity contribution in [3.63, 3.8) is 0 Å². The highest BCUT2D eigenvalue weighted by molar-refractivity contribution is 5.36. The average molecular weight is 199 g/mol. The Labute approximate surface area is 79.5 Å². The third-order valence-corrected chi connectivity index (χ3v) is 2.03. The van der Waals surface area contributed by atoms with E-state index in [-0.39, 0.29) is 0 Å². The first-order chi connectivity index (χ1) is 6.75. The zero-order valence-corrected chi connectivity index (χ0v) is 7.49. The summed E-state index contributed by atoms with van der Waals surface area (Å²) in [7, 11) is 0. The summed E-state index contributed by atoms with van der Waals surface area (Å²) in [5, 5.41) is 0. The topological polar surface area (TPSA) is 58.2 Å². The lowest BCUT2D eigenvalue weighted by molar-refractivity contribution is 0.122. The minimum Gasteiger partial charge on any atom is -0.378 e. The molecule has 2 heterocycles. The van der Waals surface area contributed by atoms with Crippen molar-refractivity contribution in [2.24, 2.45) is 0 Å². The van der Waals surface area contributed by atoms with Crippen LogP contribution in [0.15, 0.2) is 10.9 Å². The lowest BCUT2D eigenvalue weighted by atomic mass is 10.4. The van der Waals surface area contributed by atoms with Gasteiger partial charge in [0.2, 0.25) is 0 Å². The zero-order chi connectivity index (χ0) is 9.97. The molecule has 6 heteroatoms. The van der Waals surface area contributed by atoms with Crippen LogP contribution in [0, 0.1) is 6.08 Å².